The van der Waals surface area contributed by atoms with Crippen LogP contribution >= 0.6 is 0 Å². The highest BCUT2D eigenvalue weighted by Gasteiger charge is 2.28. The minimum atomic E-state index is -0.0705. The molecule has 136 valence electrons. The van der Waals surface area contributed by atoms with Gasteiger partial charge < -0.3 is 14.2 Å². The van der Waals surface area contributed by atoms with Crippen LogP contribution in [0.5, 0.6) is 0 Å². The van der Waals surface area contributed by atoms with E-state index in [2.05, 4.69) is 25.0 Å². The van der Waals surface area contributed by atoms with Gasteiger partial charge in [-0.3, -0.25) is 4.79 Å². The molecular formula is C17H21N7O2. The smallest absolute Gasteiger partial charge is 0.276 e. The van der Waals surface area contributed by atoms with Crippen LogP contribution in [-0.2, 0) is 0 Å². The second-order valence-corrected chi connectivity index (χ2v) is 6.73. The SMILES string of the molecule is Cc1cc(N2CCN(C(=O)c3ncoc3C(C)C)CC2)n2ncnc2n1. The Kier molecular flexibility index (Phi) is 4.06. The first kappa shape index (κ1) is 16.5. The monoisotopic (exact) mass is 355 g/mol. The van der Waals surface area contributed by atoms with Crippen molar-refractivity contribution in [1.82, 2.24) is 29.5 Å². The lowest BCUT2D eigenvalue weighted by Gasteiger charge is -2.35. The number of aromatic nitrogens is 5. The summed E-state index contributed by atoms with van der Waals surface area (Å²) in [6, 6.07) is 1.99. The molecule has 1 amide bonds. The van der Waals surface area contributed by atoms with Gasteiger partial charge in [0.1, 0.15) is 17.9 Å². The van der Waals surface area contributed by atoms with Gasteiger partial charge in [-0.1, -0.05) is 13.8 Å². The molecule has 1 saturated heterocycles. The number of fused-ring (bicyclic) bond motifs is 1. The number of nitrogens with zero attached hydrogens (tertiary/aromatic N) is 7. The topological polar surface area (TPSA) is 92.7 Å². The predicted octanol–water partition coefficient (Wildman–Crippen LogP) is 1.51. The Hall–Kier alpha value is -2.97. The highest BCUT2D eigenvalue weighted by molar-refractivity contribution is 5.93. The van der Waals surface area contributed by atoms with Gasteiger partial charge >= 0.3 is 0 Å². The van der Waals surface area contributed by atoms with Gasteiger partial charge in [0, 0.05) is 43.9 Å². The molecule has 0 N–H and O–H groups in total. The maximum absolute atomic E-state index is 12.8. The second kappa shape index (κ2) is 6.40. The van der Waals surface area contributed by atoms with E-state index in [-0.39, 0.29) is 11.8 Å². The molecule has 4 heterocycles. The van der Waals surface area contributed by atoms with Crippen LogP contribution in [0.3, 0.4) is 0 Å². The molecular weight excluding hydrogens is 334 g/mol. The summed E-state index contributed by atoms with van der Waals surface area (Å²) in [5, 5.41) is 4.26. The van der Waals surface area contributed by atoms with Crippen molar-refractivity contribution in [3.63, 3.8) is 0 Å². The minimum Gasteiger partial charge on any atom is -0.447 e. The lowest BCUT2D eigenvalue weighted by molar-refractivity contribution is 0.0738. The van der Waals surface area contributed by atoms with E-state index in [1.54, 1.807) is 4.52 Å². The maximum atomic E-state index is 12.8. The number of amides is 1. The molecule has 3 aromatic rings. The molecule has 0 bridgehead atoms. The Balaban J connectivity index is 1.51. The van der Waals surface area contributed by atoms with Crippen LogP contribution in [0.4, 0.5) is 5.82 Å². The van der Waals surface area contributed by atoms with Crippen LogP contribution in [0.1, 0.15) is 41.7 Å². The van der Waals surface area contributed by atoms with E-state index in [0.717, 1.165) is 11.5 Å². The van der Waals surface area contributed by atoms with Gasteiger partial charge in [0.2, 0.25) is 0 Å². The third kappa shape index (κ3) is 2.79. The van der Waals surface area contributed by atoms with E-state index in [1.165, 1.54) is 12.7 Å². The van der Waals surface area contributed by atoms with E-state index in [0.29, 0.717) is 43.4 Å². The molecule has 9 nitrogen and oxygen atoms in total. The number of carbonyl (C=O) groups is 1. The van der Waals surface area contributed by atoms with Gasteiger partial charge in [-0.15, -0.1) is 0 Å². The van der Waals surface area contributed by atoms with Crippen molar-refractivity contribution in [2.75, 3.05) is 31.1 Å². The molecule has 0 aliphatic carbocycles. The summed E-state index contributed by atoms with van der Waals surface area (Å²) in [6.45, 7) is 8.56. The summed E-state index contributed by atoms with van der Waals surface area (Å²) in [5.74, 6) is 2.23. The van der Waals surface area contributed by atoms with E-state index in [4.69, 9.17) is 4.42 Å². The van der Waals surface area contributed by atoms with Crippen molar-refractivity contribution in [2.24, 2.45) is 0 Å². The first-order valence-corrected chi connectivity index (χ1v) is 8.69. The second-order valence-electron chi connectivity index (χ2n) is 6.73. The Labute approximate surface area is 150 Å². The molecule has 0 unspecified atom stereocenters. The third-order valence-corrected chi connectivity index (χ3v) is 4.57. The molecule has 1 fully saturated rings. The summed E-state index contributed by atoms with van der Waals surface area (Å²) < 4.78 is 7.12. The Bertz CT molecular complexity index is 938. The van der Waals surface area contributed by atoms with Gasteiger partial charge in [0.25, 0.3) is 11.7 Å². The molecule has 0 atom stereocenters. The molecule has 0 radical (unpaired) electrons. The van der Waals surface area contributed by atoms with E-state index >= 15 is 0 Å². The Morgan fingerprint density at radius 1 is 1.19 bits per heavy atom. The molecule has 3 aromatic heterocycles. The minimum absolute atomic E-state index is 0.0705. The predicted molar refractivity (Wildman–Crippen MR) is 94.2 cm³/mol. The first-order chi connectivity index (χ1) is 12.5. The molecule has 0 spiro atoms. The molecule has 1 aliphatic rings. The summed E-state index contributed by atoms with van der Waals surface area (Å²) >= 11 is 0. The summed E-state index contributed by atoms with van der Waals surface area (Å²) in [6.07, 6.45) is 2.85. The van der Waals surface area contributed by atoms with Crippen molar-refractivity contribution in [3.8, 4) is 0 Å². The average molecular weight is 355 g/mol. The lowest BCUT2D eigenvalue weighted by Crippen LogP contribution is -2.49. The Morgan fingerprint density at radius 3 is 2.69 bits per heavy atom. The van der Waals surface area contributed by atoms with Gasteiger partial charge in [0.15, 0.2) is 12.1 Å². The number of rotatable bonds is 3. The van der Waals surface area contributed by atoms with Crippen LogP contribution < -0.4 is 4.90 Å². The number of oxazole rings is 1. The molecule has 0 saturated carbocycles. The highest BCUT2D eigenvalue weighted by Crippen LogP contribution is 2.22. The number of anilines is 1. The van der Waals surface area contributed by atoms with E-state index in [1.807, 2.05) is 31.7 Å². The van der Waals surface area contributed by atoms with Crippen molar-refractivity contribution in [2.45, 2.75) is 26.7 Å². The Morgan fingerprint density at radius 2 is 1.96 bits per heavy atom. The standard InChI is InChI=1S/C17H21N7O2/c1-11(2)15-14(19-10-26-15)16(25)23-6-4-22(5-7-23)13-8-12(3)21-17-18-9-20-24(13)17/h8-11H,4-7H2,1-3H3. The van der Waals surface area contributed by atoms with Gasteiger partial charge in [-0.25, -0.2) is 9.97 Å². The van der Waals surface area contributed by atoms with Crippen LogP contribution in [-0.4, -0.2) is 61.6 Å². The summed E-state index contributed by atoms with van der Waals surface area (Å²) in [4.78, 5) is 29.5. The van der Waals surface area contributed by atoms with Crippen LogP contribution in [0.15, 0.2) is 23.2 Å². The number of hydrogen-bond donors (Lipinski definition) is 0. The average Bonchev–Trinajstić information content (AvgIpc) is 3.29. The summed E-state index contributed by atoms with van der Waals surface area (Å²) in [5.41, 5.74) is 1.31. The number of aryl methyl sites for hydroxylation is 1. The fourth-order valence-corrected chi connectivity index (χ4v) is 3.25. The quantitative estimate of drug-likeness (QED) is 0.703. The maximum Gasteiger partial charge on any atom is 0.276 e. The van der Waals surface area contributed by atoms with Crippen molar-refractivity contribution in [3.05, 3.63) is 35.9 Å². The van der Waals surface area contributed by atoms with Crippen LogP contribution in [0, 0.1) is 6.92 Å². The fourth-order valence-electron chi connectivity index (χ4n) is 3.25. The molecule has 26 heavy (non-hydrogen) atoms. The molecule has 9 heteroatoms. The largest absolute Gasteiger partial charge is 0.447 e. The normalized spacial score (nSPS) is 15.2. The molecule has 1 aliphatic heterocycles. The zero-order valence-corrected chi connectivity index (χ0v) is 15.1. The zero-order chi connectivity index (χ0) is 18.3. The zero-order valence-electron chi connectivity index (χ0n) is 15.1. The number of carbonyl (C=O) groups excluding carboxylic acids is 1. The van der Waals surface area contributed by atoms with E-state index in [9.17, 15) is 4.79 Å². The van der Waals surface area contributed by atoms with Crippen LogP contribution in [0.2, 0.25) is 0 Å². The van der Waals surface area contributed by atoms with Crippen molar-refractivity contribution in [1.29, 1.82) is 0 Å². The van der Waals surface area contributed by atoms with Gasteiger partial charge in [-0.2, -0.15) is 14.6 Å². The third-order valence-electron chi connectivity index (χ3n) is 4.57. The van der Waals surface area contributed by atoms with E-state index < -0.39 is 0 Å². The lowest BCUT2D eigenvalue weighted by atomic mass is 10.1. The van der Waals surface area contributed by atoms with Gasteiger partial charge in [-0.05, 0) is 6.92 Å². The van der Waals surface area contributed by atoms with Crippen molar-refractivity contribution < 1.29 is 9.21 Å². The fraction of sp³-hybridized carbons (Fsp3) is 0.471. The molecule has 4 rings (SSSR count). The number of piperazine rings is 1. The summed E-state index contributed by atoms with van der Waals surface area (Å²) in [7, 11) is 0. The number of hydrogen-bond acceptors (Lipinski definition) is 7. The first-order valence-electron chi connectivity index (χ1n) is 8.69. The molecule has 0 aromatic carbocycles. The van der Waals surface area contributed by atoms with Crippen LogP contribution in [0.25, 0.3) is 5.78 Å². The van der Waals surface area contributed by atoms with Crippen molar-refractivity contribution >= 4 is 17.5 Å². The van der Waals surface area contributed by atoms with Gasteiger partial charge in [0.05, 0.1) is 0 Å². The highest BCUT2D eigenvalue weighted by atomic mass is 16.3.